The Kier molecular flexibility index (Phi) is 8.26. The molecule has 2 heterocycles. The fourth-order valence-corrected chi connectivity index (χ4v) is 4.39. The lowest BCUT2D eigenvalue weighted by Crippen LogP contribution is -2.57. The van der Waals surface area contributed by atoms with E-state index in [0.717, 1.165) is 0 Å². The minimum atomic E-state index is -1.26. The number of carbonyl (C=O) groups is 4. The number of nitrogens with zero attached hydrogens (tertiary/aromatic N) is 1. The molecule has 2 aliphatic heterocycles. The molecule has 0 aliphatic carbocycles. The van der Waals surface area contributed by atoms with Gasteiger partial charge in [-0.15, -0.1) is 0 Å². The molecule has 0 unspecified atom stereocenters. The molecule has 0 spiro atoms. The summed E-state index contributed by atoms with van der Waals surface area (Å²) in [6.45, 7) is 3.48. The SMILES string of the molecule is CC(C)C[C@H](NC(=O)CNC(=O)c1cc(Cl)ccc1Cl)B1OC(=O)[C@H]2CC[C@@H](C(=O)O1)N2C. The highest BCUT2D eigenvalue weighted by molar-refractivity contribution is 6.51. The molecule has 2 aliphatic rings. The summed E-state index contributed by atoms with van der Waals surface area (Å²) in [6, 6.07) is 3.38. The molecular formula is C21H26BCl2N3O6. The normalized spacial score (nSPS) is 21.7. The van der Waals surface area contributed by atoms with E-state index in [1.165, 1.54) is 12.1 Å². The van der Waals surface area contributed by atoms with Crippen molar-refractivity contribution in [2.24, 2.45) is 5.92 Å². The first-order valence-corrected chi connectivity index (χ1v) is 11.5. The molecule has 2 saturated heterocycles. The summed E-state index contributed by atoms with van der Waals surface area (Å²) in [5.74, 6) is -2.78. The van der Waals surface area contributed by atoms with Crippen LogP contribution in [-0.2, 0) is 23.7 Å². The summed E-state index contributed by atoms with van der Waals surface area (Å²) >= 11 is 11.9. The molecule has 2 N–H and O–H groups in total. The maximum Gasteiger partial charge on any atom is 0.622 e. The van der Waals surface area contributed by atoms with Crippen molar-refractivity contribution in [1.82, 2.24) is 15.5 Å². The molecule has 0 saturated carbocycles. The molecule has 3 rings (SSSR count). The van der Waals surface area contributed by atoms with Crippen molar-refractivity contribution in [3.05, 3.63) is 33.8 Å². The second-order valence-corrected chi connectivity index (χ2v) is 9.47. The van der Waals surface area contributed by atoms with Crippen LogP contribution >= 0.6 is 23.2 Å². The van der Waals surface area contributed by atoms with Crippen LogP contribution < -0.4 is 10.6 Å². The minimum absolute atomic E-state index is 0.0948. The van der Waals surface area contributed by atoms with E-state index < -0.39 is 48.9 Å². The monoisotopic (exact) mass is 497 g/mol. The van der Waals surface area contributed by atoms with E-state index in [0.29, 0.717) is 24.3 Å². The van der Waals surface area contributed by atoms with Crippen LogP contribution in [0.5, 0.6) is 0 Å². The lowest BCUT2D eigenvalue weighted by Gasteiger charge is -2.31. The Labute approximate surface area is 202 Å². The highest BCUT2D eigenvalue weighted by Gasteiger charge is 2.49. The number of halogens is 2. The smallest absolute Gasteiger partial charge is 0.497 e. The topological polar surface area (TPSA) is 114 Å². The van der Waals surface area contributed by atoms with Crippen LogP contribution in [0, 0.1) is 5.92 Å². The highest BCUT2D eigenvalue weighted by atomic mass is 35.5. The molecule has 33 heavy (non-hydrogen) atoms. The van der Waals surface area contributed by atoms with Gasteiger partial charge in [0.15, 0.2) is 0 Å². The fourth-order valence-electron chi connectivity index (χ4n) is 4.01. The van der Waals surface area contributed by atoms with Gasteiger partial charge in [0.05, 0.1) is 23.1 Å². The van der Waals surface area contributed by atoms with E-state index in [4.69, 9.17) is 32.5 Å². The summed E-state index contributed by atoms with van der Waals surface area (Å²) in [4.78, 5) is 51.9. The summed E-state index contributed by atoms with van der Waals surface area (Å²) < 4.78 is 11.0. The van der Waals surface area contributed by atoms with E-state index >= 15 is 0 Å². The molecule has 12 heteroatoms. The van der Waals surface area contributed by atoms with Crippen molar-refractivity contribution >= 4 is 54.1 Å². The van der Waals surface area contributed by atoms with E-state index in [2.05, 4.69) is 10.6 Å². The standard InChI is InChI=1S/C21H26BCl2N3O6/c1-11(2)8-17(22-32-20(30)15-6-7-16(27(15)3)21(31)33-22)26-18(28)10-25-19(29)13-9-12(23)4-5-14(13)24/h4-5,9,11,15-17H,6-8,10H2,1-3H3,(H,25,29)(H,26,28)/t15-,16+,17-/m0/s1. The van der Waals surface area contributed by atoms with Crippen LogP contribution in [-0.4, -0.2) is 67.4 Å². The number of benzene rings is 1. The first-order chi connectivity index (χ1) is 15.6. The summed E-state index contributed by atoms with van der Waals surface area (Å²) in [7, 11) is 0.430. The Morgan fingerprint density at radius 3 is 2.33 bits per heavy atom. The van der Waals surface area contributed by atoms with Crippen LogP contribution in [0.3, 0.4) is 0 Å². The van der Waals surface area contributed by atoms with Crippen molar-refractivity contribution in [3.8, 4) is 0 Å². The molecule has 2 bridgehead atoms. The number of fused-ring (bicyclic) bond motifs is 2. The van der Waals surface area contributed by atoms with Gasteiger partial charge in [0.1, 0.15) is 12.1 Å². The van der Waals surface area contributed by atoms with Gasteiger partial charge >= 0.3 is 19.1 Å². The van der Waals surface area contributed by atoms with Crippen molar-refractivity contribution in [3.63, 3.8) is 0 Å². The van der Waals surface area contributed by atoms with Gasteiger partial charge in [0, 0.05) is 5.02 Å². The Bertz CT molecular complexity index is 921. The molecule has 9 nitrogen and oxygen atoms in total. The van der Waals surface area contributed by atoms with E-state index in [1.807, 2.05) is 13.8 Å². The highest BCUT2D eigenvalue weighted by Crippen LogP contribution is 2.27. The van der Waals surface area contributed by atoms with E-state index in [-0.39, 0.29) is 23.0 Å². The molecular weight excluding hydrogens is 472 g/mol. The number of nitrogens with one attached hydrogen (secondary N) is 2. The zero-order valence-corrected chi connectivity index (χ0v) is 20.1. The lowest BCUT2D eigenvalue weighted by molar-refractivity contribution is -0.151. The Hall–Kier alpha value is -2.30. The third kappa shape index (κ3) is 6.19. The third-order valence-corrected chi connectivity index (χ3v) is 6.25. The Balaban J connectivity index is 1.66. The van der Waals surface area contributed by atoms with Crippen molar-refractivity contribution in [1.29, 1.82) is 0 Å². The largest absolute Gasteiger partial charge is 0.622 e. The maximum absolute atomic E-state index is 12.6. The van der Waals surface area contributed by atoms with Crippen molar-refractivity contribution in [2.75, 3.05) is 13.6 Å². The third-order valence-electron chi connectivity index (χ3n) is 5.69. The quantitative estimate of drug-likeness (QED) is 0.552. The van der Waals surface area contributed by atoms with Gasteiger partial charge in [0.25, 0.3) is 5.91 Å². The fraction of sp³-hybridized carbons (Fsp3) is 0.524. The Morgan fingerprint density at radius 2 is 1.76 bits per heavy atom. The molecule has 1 aromatic rings. The second kappa shape index (κ2) is 10.8. The molecule has 0 radical (unpaired) electrons. The van der Waals surface area contributed by atoms with Gasteiger partial charge in [0.2, 0.25) is 5.91 Å². The number of rotatable bonds is 7. The molecule has 178 valence electrons. The van der Waals surface area contributed by atoms with Gasteiger partial charge in [-0.3, -0.25) is 24.1 Å². The zero-order chi connectivity index (χ0) is 24.3. The zero-order valence-electron chi connectivity index (χ0n) is 18.6. The van der Waals surface area contributed by atoms with Gasteiger partial charge in [-0.05, 0) is 50.4 Å². The number of carbonyl (C=O) groups excluding carboxylic acids is 4. The predicted molar refractivity (Wildman–Crippen MR) is 123 cm³/mol. The number of hydrogen-bond acceptors (Lipinski definition) is 7. The number of likely N-dealkylation sites (N-methyl/N-ethyl adjacent to an activating group) is 1. The van der Waals surface area contributed by atoms with Gasteiger partial charge in [-0.1, -0.05) is 37.0 Å². The van der Waals surface area contributed by atoms with Crippen LogP contribution in [0.25, 0.3) is 0 Å². The predicted octanol–water partition coefficient (Wildman–Crippen LogP) is 1.84. The molecule has 0 aromatic heterocycles. The molecule has 2 fully saturated rings. The van der Waals surface area contributed by atoms with Gasteiger partial charge < -0.3 is 19.9 Å². The van der Waals surface area contributed by atoms with Crippen LogP contribution in [0.1, 0.15) is 43.5 Å². The molecule has 2 amide bonds. The van der Waals surface area contributed by atoms with E-state index in [1.54, 1.807) is 18.0 Å². The minimum Gasteiger partial charge on any atom is -0.497 e. The first kappa shape index (κ1) is 25.3. The lowest BCUT2D eigenvalue weighted by atomic mass is 9.73. The van der Waals surface area contributed by atoms with Gasteiger partial charge in [-0.2, -0.15) is 0 Å². The maximum atomic E-state index is 12.6. The number of hydrogen-bond donors (Lipinski definition) is 2. The second-order valence-electron chi connectivity index (χ2n) is 8.63. The van der Waals surface area contributed by atoms with Crippen LogP contribution in [0.15, 0.2) is 18.2 Å². The molecule has 3 atom stereocenters. The summed E-state index contributed by atoms with van der Waals surface area (Å²) in [5.41, 5.74) is 0.137. The van der Waals surface area contributed by atoms with Gasteiger partial charge in [-0.25, -0.2) is 0 Å². The first-order valence-electron chi connectivity index (χ1n) is 10.7. The van der Waals surface area contributed by atoms with E-state index in [9.17, 15) is 19.2 Å². The Morgan fingerprint density at radius 1 is 1.15 bits per heavy atom. The summed E-state index contributed by atoms with van der Waals surface area (Å²) in [6.07, 6.45) is 1.39. The summed E-state index contributed by atoms with van der Waals surface area (Å²) in [5, 5.41) is 5.73. The van der Waals surface area contributed by atoms with Crippen molar-refractivity contribution in [2.45, 2.75) is 51.1 Å². The van der Waals surface area contributed by atoms with Crippen molar-refractivity contribution < 1.29 is 28.5 Å². The molecule has 1 aromatic carbocycles. The average Bonchev–Trinajstić information content (AvgIpc) is 3.15. The number of amides is 2. The van der Waals surface area contributed by atoms with Crippen LogP contribution in [0.2, 0.25) is 10.0 Å². The average molecular weight is 498 g/mol. The van der Waals surface area contributed by atoms with Crippen LogP contribution in [0.4, 0.5) is 0 Å².